The van der Waals surface area contributed by atoms with E-state index >= 15 is 0 Å². The Hall–Kier alpha value is -0.930. The smallest absolute Gasteiger partial charge is 0.233 e. The van der Waals surface area contributed by atoms with Gasteiger partial charge in [0.25, 0.3) is 0 Å². The highest BCUT2D eigenvalue weighted by atomic mass is 16.4. The van der Waals surface area contributed by atoms with Crippen LogP contribution in [0.4, 0.5) is 0 Å². The first-order chi connectivity index (χ1) is 5.29. The van der Waals surface area contributed by atoms with Gasteiger partial charge in [0, 0.05) is 12.6 Å². The molecule has 1 aliphatic heterocycles. The molecular formula is C7H15N3O. The standard InChI is InChI=1S/C7H15N3O/c1-2-6-4-3-5-10(6)7(8)9-11/h6,11H,2-5H2,1H3,(H2,8,9). The van der Waals surface area contributed by atoms with Gasteiger partial charge in [-0.25, -0.2) is 0 Å². The lowest BCUT2D eigenvalue weighted by Gasteiger charge is -2.22. The summed E-state index contributed by atoms with van der Waals surface area (Å²) in [7, 11) is 0. The predicted molar refractivity (Wildman–Crippen MR) is 43.4 cm³/mol. The molecule has 0 radical (unpaired) electrons. The van der Waals surface area contributed by atoms with Gasteiger partial charge in [-0.05, 0) is 19.3 Å². The number of guanidine groups is 1. The van der Waals surface area contributed by atoms with E-state index in [1.165, 1.54) is 0 Å². The van der Waals surface area contributed by atoms with Gasteiger partial charge in [-0.1, -0.05) is 12.1 Å². The molecule has 0 spiro atoms. The molecule has 1 fully saturated rings. The maximum absolute atomic E-state index is 8.43. The zero-order valence-corrected chi connectivity index (χ0v) is 6.82. The van der Waals surface area contributed by atoms with Crippen molar-refractivity contribution in [1.82, 2.24) is 4.90 Å². The van der Waals surface area contributed by atoms with Crippen LogP contribution in [-0.2, 0) is 0 Å². The van der Waals surface area contributed by atoms with Crippen molar-refractivity contribution < 1.29 is 5.21 Å². The Morgan fingerprint density at radius 2 is 2.55 bits per heavy atom. The number of likely N-dealkylation sites (tertiary alicyclic amines) is 1. The fraction of sp³-hybridized carbons (Fsp3) is 0.857. The van der Waals surface area contributed by atoms with Crippen molar-refractivity contribution in [3.63, 3.8) is 0 Å². The summed E-state index contributed by atoms with van der Waals surface area (Å²) in [5, 5.41) is 11.4. The Bertz CT molecular complexity index is 158. The van der Waals surface area contributed by atoms with Crippen LogP contribution in [0.15, 0.2) is 5.16 Å². The Kier molecular flexibility index (Phi) is 2.57. The summed E-state index contributed by atoms with van der Waals surface area (Å²) < 4.78 is 0. The van der Waals surface area contributed by atoms with Crippen LogP contribution in [0.25, 0.3) is 0 Å². The van der Waals surface area contributed by atoms with E-state index in [9.17, 15) is 0 Å². The second-order valence-corrected chi connectivity index (χ2v) is 2.86. The normalized spacial score (nSPS) is 26.1. The van der Waals surface area contributed by atoms with E-state index in [-0.39, 0.29) is 5.96 Å². The molecule has 0 aromatic rings. The third-order valence-electron chi connectivity index (χ3n) is 2.25. The van der Waals surface area contributed by atoms with E-state index in [4.69, 9.17) is 10.9 Å². The van der Waals surface area contributed by atoms with Gasteiger partial charge in [-0.3, -0.25) is 0 Å². The van der Waals surface area contributed by atoms with E-state index in [1.807, 2.05) is 4.90 Å². The van der Waals surface area contributed by atoms with E-state index in [0.717, 1.165) is 25.8 Å². The zero-order chi connectivity index (χ0) is 8.27. The average Bonchev–Trinajstić information content (AvgIpc) is 2.50. The van der Waals surface area contributed by atoms with Crippen LogP contribution in [0.2, 0.25) is 0 Å². The maximum atomic E-state index is 8.43. The predicted octanol–water partition coefficient (Wildman–Crippen LogP) is 0.565. The summed E-state index contributed by atoms with van der Waals surface area (Å²) in [5.41, 5.74) is 5.47. The third kappa shape index (κ3) is 1.56. The number of nitrogens with zero attached hydrogens (tertiary/aromatic N) is 2. The third-order valence-corrected chi connectivity index (χ3v) is 2.25. The number of nitrogens with two attached hydrogens (primary N) is 1. The van der Waals surface area contributed by atoms with Crippen molar-refractivity contribution in [3.05, 3.63) is 0 Å². The molecule has 4 nitrogen and oxygen atoms in total. The second kappa shape index (κ2) is 3.46. The molecule has 0 bridgehead atoms. The topological polar surface area (TPSA) is 61.8 Å². The van der Waals surface area contributed by atoms with Crippen molar-refractivity contribution in [2.75, 3.05) is 6.54 Å². The van der Waals surface area contributed by atoms with Gasteiger partial charge in [-0.15, -0.1) is 0 Å². The van der Waals surface area contributed by atoms with Crippen LogP contribution in [0.1, 0.15) is 26.2 Å². The molecule has 4 heteroatoms. The molecule has 0 aromatic heterocycles. The van der Waals surface area contributed by atoms with Gasteiger partial charge in [-0.2, -0.15) is 0 Å². The first kappa shape index (κ1) is 8.17. The number of oxime groups is 1. The molecule has 0 saturated carbocycles. The molecule has 1 aliphatic rings. The minimum atomic E-state index is 0.259. The molecule has 1 rings (SSSR count). The van der Waals surface area contributed by atoms with Crippen molar-refractivity contribution in [2.24, 2.45) is 10.9 Å². The number of rotatable bonds is 1. The van der Waals surface area contributed by atoms with Crippen LogP contribution in [-0.4, -0.2) is 28.7 Å². The van der Waals surface area contributed by atoms with E-state index in [1.54, 1.807) is 0 Å². The van der Waals surface area contributed by atoms with E-state index in [2.05, 4.69) is 12.1 Å². The van der Waals surface area contributed by atoms with Gasteiger partial charge in [0.05, 0.1) is 0 Å². The average molecular weight is 157 g/mol. The Balaban J connectivity index is 2.56. The largest absolute Gasteiger partial charge is 0.408 e. The first-order valence-electron chi connectivity index (χ1n) is 4.03. The van der Waals surface area contributed by atoms with Crippen molar-refractivity contribution in [3.8, 4) is 0 Å². The maximum Gasteiger partial charge on any atom is 0.233 e. The molecule has 1 saturated heterocycles. The quantitative estimate of drug-likeness (QED) is 0.253. The lowest BCUT2D eigenvalue weighted by atomic mass is 10.2. The van der Waals surface area contributed by atoms with Crippen LogP contribution in [0, 0.1) is 0 Å². The Labute approximate surface area is 66.7 Å². The van der Waals surface area contributed by atoms with Crippen molar-refractivity contribution in [1.29, 1.82) is 0 Å². The molecule has 1 atom stereocenters. The van der Waals surface area contributed by atoms with Gasteiger partial charge in [0.1, 0.15) is 0 Å². The monoisotopic (exact) mass is 157 g/mol. The highest BCUT2D eigenvalue weighted by Gasteiger charge is 2.24. The molecule has 0 aromatic carbocycles. The molecule has 0 aliphatic carbocycles. The summed E-state index contributed by atoms with van der Waals surface area (Å²) >= 11 is 0. The molecule has 1 unspecified atom stereocenters. The van der Waals surface area contributed by atoms with Gasteiger partial charge in [0.15, 0.2) is 0 Å². The van der Waals surface area contributed by atoms with Gasteiger partial charge < -0.3 is 15.8 Å². The van der Waals surface area contributed by atoms with Crippen LogP contribution >= 0.6 is 0 Å². The lowest BCUT2D eigenvalue weighted by molar-refractivity contribution is 0.291. The second-order valence-electron chi connectivity index (χ2n) is 2.86. The van der Waals surface area contributed by atoms with E-state index < -0.39 is 0 Å². The summed E-state index contributed by atoms with van der Waals surface area (Å²) in [6.07, 6.45) is 3.37. The minimum Gasteiger partial charge on any atom is -0.408 e. The molecule has 64 valence electrons. The van der Waals surface area contributed by atoms with E-state index in [0.29, 0.717) is 6.04 Å². The molecule has 3 N–H and O–H groups in total. The molecule has 11 heavy (non-hydrogen) atoms. The fourth-order valence-corrected chi connectivity index (χ4v) is 1.62. The van der Waals surface area contributed by atoms with Crippen LogP contribution < -0.4 is 5.73 Å². The van der Waals surface area contributed by atoms with Crippen LogP contribution in [0.3, 0.4) is 0 Å². The SMILES string of the molecule is CCC1CCCN1/C(N)=N/O. The molecule has 1 heterocycles. The Morgan fingerprint density at radius 3 is 3.09 bits per heavy atom. The minimum absolute atomic E-state index is 0.259. The summed E-state index contributed by atoms with van der Waals surface area (Å²) in [6.45, 7) is 3.04. The Morgan fingerprint density at radius 1 is 1.82 bits per heavy atom. The van der Waals surface area contributed by atoms with Gasteiger partial charge >= 0.3 is 0 Å². The number of hydrogen-bond acceptors (Lipinski definition) is 2. The van der Waals surface area contributed by atoms with Crippen molar-refractivity contribution in [2.45, 2.75) is 32.2 Å². The van der Waals surface area contributed by atoms with Gasteiger partial charge in [0.2, 0.25) is 5.96 Å². The highest BCUT2D eigenvalue weighted by Crippen LogP contribution is 2.18. The zero-order valence-electron chi connectivity index (χ0n) is 6.82. The molecular weight excluding hydrogens is 142 g/mol. The lowest BCUT2D eigenvalue weighted by Crippen LogP contribution is -2.40. The fourth-order valence-electron chi connectivity index (χ4n) is 1.62. The highest BCUT2D eigenvalue weighted by molar-refractivity contribution is 5.77. The summed E-state index contributed by atoms with van der Waals surface area (Å²) in [6, 6.07) is 0.478. The summed E-state index contributed by atoms with van der Waals surface area (Å²) in [4.78, 5) is 1.96. The van der Waals surface area contributed by atoms with Crippen LogP contribution in [0.5, 0.6) is 0 Å². The number of hydrogen-bond donors (Lipinski definition) is 2. The molecule has 0 amide bonds. The van der Waals surface area contributed by atoms with Crippen molar-refractivity contribution >= 4 is 5.96 Å². The first-order valence-corrected chi connectivity index (χ1v) is 4.03. The summed E-state index contributed by atoms with van der Waals surface area (Å²) in [5.74, 6) is 0.259.